The summed E-state index contributed by atoms with van der Waals surface area (Å²) in [5, 5.41) is 6.57. The molecule has 0 aromatic rings. The topological polar surface area (TPSA) is 62.8 Å². The second-order valence-electron chi connectivity index (χ2n) is 6.61. The summed E-state index contributed by atoms with van der Waals surface area (Å²) in [5.74, 6) is 0.142. The summed E-state index contributed by atoms with van der Waals surface area (Å²) >= 11 is 0. The van der Waals surface area contributed by atoms with Crippen LogP contribution in [0.25, 0.3) is 0 Å². The van der Waals surface area contributed by atoms with Gasteiger partial charge in [0.1, 0.15) is 0 Å². The van der Waals surface area contributed by atoms with Gasteiger partial charge in [-0.25, -0.2) is 0 Å². The number of amides is 1. The molecule has 24 heavy (non-hydrogen) atoms. The third-order valence-corrected chi connectivity index (χ3v) is 5.17. The number of morpholine rings is 1. The number of hydrogen-bond donors (Lipinski definition) is 2. The molecule has 144 valence electrons. The maximum atomic E-state index is 12.8. The second kappa shape index (κ2) is 11.5. The Kier molecular flexibility index (Phi) is 11.4. The smallest absolute Gasteiger partial charge is 0.228 e. The predicted octanol–water partition coefficient (Wildman–Crippen LogP) is 1.07. The minimum Gasteiger partial charge on any atom is -0.384 e. The molecule has 6 nitrogen and oxygen atoms in total. The first kappa shape index (κ1) is 23.9. The highest BCUT2D eigenvalue weighted by Gasteiger charge is 2.40. The van der Waals surface area contributed by atoms with Crippen LogP contribution in [-0.4, -0.2) is 76.0 Å². The number of carbonyl (C=O) groups is 1. The summed E-state index contributed by atoms with van der Waals surface area (Å²) in [6.07, 6.45) is 1.68. The molecule has 2 heterocycles. The van der Waals surface area contributed by atoms with Crippen LogP contribution >= 0.6 is 24.8 Å². The van der Waals surface area contributed by atoms with Gasteiger partial charge in [-0.1, -0.05) is 0 Å². The molecule has 0 bridgehead atoms. The van der Waals surface area contributed by atoms with Crippen molar-refractivity contribution in [3.63, 3.8) is 0 Å². The molecule has 2 fully saturated rings. The Hall–Kier alpha value is -0.110. The summed E-state index contributed by atoms with van der Waals surface area (Å²) < 4.78 is 10.8. The second-order valence-corrected chi connectivity index (χ2v) is 6.61. The van der Waals surface area contributed by atoms with Gasteiger partial charge in [-0.15, -0.1) is 24.8 Å². The summed E-state index contributed by atoms with van der Waals surface area (Å²) in [5.41, 5.74) is -0.376. The van der Waals surface area contributed by atoms with Gasteiger partial charge in [0.05, 0.1) is 25.2 Å². The Bertz CT molecular complexity index is 357. The molecule has 2 saturated heterocycles. The van der Waals surface area contributed by atoms with E-state index in [1.54, 1.807) is 7.11 Å². The summed E-state index contributed by atoms with van der Waals surface area (Å²) in [4.78, 5) is 15.2. The molecular formula is C16H33Cl2N3O3. The van der Waals surface area contributed by atoms with Crippen molar-refractivity contribution in [2.45, 2.75) is 38.8 Å². The Labute approximate surface area is 158 Å². The Morgan fingerprint density at radius 3 is 2.38 bits per heavy atom. The van der Waals surface area contributed by atoms with Gasteiger partial charge in [0.15, 0.2) is 0 Å². The standard InChI is InChI=1S/C16H31N3O3.2ClH/c1-13(14(2)19-8-10-22-11-9-19)18-15(20)16(12-21-3)4-6-17-7-5-16;;/h13-14,17H,4-12H2,1-3H3,(H,18,20);2*1H. The number of piperidine rings is 1. The molecule has 0 aromatic heterocycles. The highest BCUT2D eigenvalue weighted by atomic mass is 35.5. The number of halogens is 2. The Morgan fingerprint density at radius 1 is 1.25 bits per heavy atom. The van der Waals surface area contributed by atoms with Gasteiger partial charge in [0.25, 0.3) is 0 Å². The van der Waals surface area contributed by atoms with E-state index in [4.69, 9.17) is 9.47 Å². The van der Waals surface area contributed by atoms with E-state index >= 15 is 0 Å². The number of hydrogen-bond acceptors (Lipinski definition) is 5. The largest absolute Gasteiger partial charge is 0.384 e. The van der Waals surface area contributed by atoms with Gasteiger partial charge in [-0.05, 0) is 39.8 Å². The van der Waals surface area contributed by atoms with Crippen LogP contribution in [0, 0.1) is 5.41 Å². The van der Waals surface area contributed by atoms with Gasteiger partial charge in [-0.3, -0.25) is 9.69 Å². The molecule has 0 saturated carbocycles. The Morgan fingerprint density at radius 2 is 1.83 bits per heavy atom. The lowest BCUT2D eigenvalue weighted by Gasteiger charge is -2.39. The van der Waals surface area contributed by atoms with Gasteiger partial charge >= 0.3 is 0 Å². The third kappa shape index (κ3) is 6.00. The van der Waals surface area contributed by atoms with Gasteiger partial charge < -0.3 is 20.1 Å². The molecule has 0 aromatic carbocycles. The quantitative estimate of drug-likeness (QED) is 0.715. The minimum atomic E-state index is -0.376. The zero-order valence-electron chi connectivity index (χ0n) is 15.0. The fraction of sp³-hybridized carbons (Fsp3) is 0.938. The maximum Gasteiger partial charge on any atom is 0.228 e. The van der Waals surface area contributed by atoms with E-state index in [0.29, 0.717) is 12.6 Å². The van der Waals surface area contributed by atoms with Crippen LogP contribution in [0.4, 0.5) is 0 Å². The van der Waals surface area contributed by atoms with Crippen molar-refractivity contribution in [2.75, 3.05) is 53.1 Å². The molecule has 1 amide bonds. The van der Waals surface area contributed by atoms with Crippen LogP contribution in [0.5, 0.6) is 0 Å². The van der Waals surface area contributed by atoms with Crippen molar-refractivity contribution in [3.05, 3.63) is 0 Å². The number of rotatable bonds is 6. The molecular weight excluding hydrogens is 353 g/mol. The average molecular weight is 386 g/mol. The van der Waals surface area contributed by atoms with Crippen molar-refractivity contribution < 1.29 is 14.3 Å². The predicted molar refractivity (Wildman–Crippen MR) is 100 cm³/mol. The molecule has 8 heteroatoms. The highest BCUT2D eigenvalue weighted by Crippen LogP contribution is 2.29. The summed E-state index contributed by atoms with van der Waals surface area (Å²) in [7, 11) is 1.68. The molecule has 2 N–H and O–H groups in total. The number of nitrogens with one attached hydrogen (secondary N) is 2. The van der Waals surface area contributed by atoms with Crippen LogP contribution in [-0.2, 0) is 14.3 Å². The van der Waals surface area contributed by atoms with Crippen molar-refractivity contribution in [3.8, 4) is 0 Å². The van der Waals surface area contributed by atoms with Gasteiger partial charge in [-0.2, -0.15) is 0 Å². The lowest BCUT2D eigenvalue weighted by Crippen LogP contribution is -2.57. The first-order valence-corrected chi connectivity index (χ1v) is 8.41. The van der Waals surface area contributed by atoms with E-state index in [2.05, 4.69) is 29.4 Å². The number of nitrogens with zero attached hydrogens (tertiary/aromatic N) is 1. The highest BCUT2D eigenvalue weighted by molar-refractivity contribution is 5.85. The van der Waals surface area contributed by atoms with Crippen molar-refractivity contribution >= 4 is 30.7 Å². The number of ether oxygens (including phenoxy) is 2. The van der Waals surface area contributed by atoms with E-state index in [1.165, 1.54) is 0 Å². The van der Waals surface area contributed by atoms with E-state index < -0.39 is 0 Å². The molecule has 0 radical (unpaired) electrons. The van der Waals surface area contributed by atoms with Crippen LogP contribution in [0.15, 0.2) is 0 Å². The molecule has 2 aliphatic heterocycles. The molecule has 2 atom stereocenters. The third-order valence-electron chi connectivity index (χ3n) is 5.17. The first-order valence-electron chi connectivity index (χ1n) is 8.41. The maximum absolute atomic E-state index is 12.8. The van der Waals surface area contributed by atoms with Crippen molar-refractivity contribution in [1.82, 2.24) is 15.5 Å². The zero-order valence-corrected chi connectivity index (χ0v) is 16.6. The van der Waals surface area contributed by atoms with Crippen LogP contribution in [0.3, 0.4) is 0 Å². The van der Waals surface area contributed by atoms with E-state index in [1.807, 2.05) is 0 Å². The number of carbonyl (C=O) groups excluding carboxylic acids is 1. The SMILES string of the molecule is COCC1(C(=O)NC(C)C(C)N2CCOCC2)CCNCC1.Cl.Cl. The lowest BCUT2D eigenvalue weighted by molar-refractivity contribution is -0.137. The van der Waals surface area contributed by atoms with E-state index in [9.17, 15) is 4.79 Å². The first-order chi connectivity index (χ1) is 10.6. The van der Waals surface area contributed by atoms with Crippen LogP contribution in [0.1, 0.15) is 26.7 Å². The lowest BCUT2D eigenvalue weighted by atomic mass is 9.78. The van der Waals surface area contributed by atoms with Crippen LogP contribution in [0.2, 0.25) is 0 Å². The van der Waals surface area contributed by atoms with Gasteiger partial charge in [0, 0.05) is 32.3 Å². The minimum absolute atomic E-state index is 0. The monoisotopic (exact) mass is 385 g/mol. The molecule has 2 aliphatic rings. The molecule has 2 rings (SSSR count). The van der Waals surface area contributed by atoms with Crippen molar-refractivity contribution in [1.29, 1.82) is 0 Å². The number of methoxy groups -OCH3 is 1. The zero-order chi connectivity index (χ0) is 16.0. The van der Waals surface area contributed by atoms with E-state index in [0.717, 1.165) is 52.2 Å². The fourth-order valence-corrected chi connectivity index (χ4v) is 3.40. The Balaban J connectivity index is 0.00000264. The van der Waals surface area contributed by atoms with Crippen LogP contribution < -0.4 is 10.6 Å². The molecule has 2 unspecified atom stereocenters. The summed E-state index contributed by atoms with van der Waals surface area (Å²) in [6, 6.07) is 0.434. The average Bonchev–Trinajstić information content (AvgIpc) is 2.56. The molecule has 0 aliphatic carbocycles. The summed E-state index contributed by atoms with van der Waals surface area (Å²) in [6.45, 7) is 9.98. The van der Waals surface area contributed by atoms with E-state index in [-0.39, 0.29) is 42.2 Å². The fourth-order valence-electron chi connectivity index (χ4n) is 3.40. The van der Waals surface area contributed by atoms with Crippen molar-refractivity contribution in [2.24, 2.45) is 5.41 Å². The molecule has 0 spiro atoms. The normalized spacial score (nSPS) is 23.3. The van der Waals surface area contributed by atoms with Gasteiger partial charge in [0.2, 0.25) is 5.91 Å².